The average Bonchev–Trinajstić information content (AvgIpc) is 1.50. The van der Waals surface area contributed by atoms with Crippen LogP contribution < -0.4 is 0 Å². The molecule has 3 heterocycles. The highest BCUT2D eigenvalue weighted by atomic mass is 16.3. The number of furan rings is 3. The van der Waals surface area contributed by atoms with Crippen molar-refractivity contribution in [2.75, 3.05) is 0 Å². The zero-order valence-corrected chi connectivity index (χ0v) is 68.4. The maximum atomic E-state index is 9.44. The van der Waals surface area contributed by atoms with Crippen molar-refractivity contribution in [3.63, 3.8) is 0 Å². The molecule has 27 aromatic rings. The molecule has 3 nitrogen and oxygen atoms in total. The number of fused-ring (bicyclic) bond motifs is 18. The Kier molecular flexibility index (Phi) is 13.0. The Morgan fingerprint density at radius 2 is 0.442 bits per heavy atom. The quantitative estimate of drug-likeness (QED) is 0.135. The van der Waals surface area contributed by atoms with Crippen LogP contribution in [-0.4, -0.2) is 0 Å². The lowest BCUT2D eigenvalue weighted by molar-refractivity contribution is 0.669. The second-order valence-corrected chi connectivity index (χ2v) is 31.9. The predicted octanol–water partition coefficient (Wildman–Crippen LogP) is 36.1. The highest BCUT2D eigenvalue weighted by Crippen LogP contribution is 2.54. The minimum absolute atomic E-state index is 0.167. The van der Waals surface area contributed by atoms with Crippen molar-refractivity contribution in [2.24, 2.45) is 0 Å². The minimum Gasteiger partial charge on any atom is -0.456 e. The van der Waals surface area contributed by atoms with Gasteiger partial charge >= 0.3 is 0 Å². The van der Waals surface area contributed by atoms with E-state index in [0.717, 1.165) is 98.4 Å². The summed E-state index contributed by atoms with van der Waals surface area (Å²) < 4.78 is 237. The van der Waals surface area contributed by atoms with Gasteiger partial charge in [0.1, 0.15) is 33.5 Å². The summed E-state index contributed by atoms with van der Waals surface area (Å²) in [7, 11) is 0. The fourth-order valence-electron chi connectivity index (χ4n) is 19.4. The molecular weight excluding hydrogens is 1560 g/mol. The lowest BCUT2D eigenvalue weighted by Crippen LogP contribution is -1.92. The van der Waals surface area contributed by atoms with Crippen molar-refractivity contribution in [3.05, 3.63) is 473 Å². The summed E-state index contributed by atoms with van der Waals surface area (Å²) in [5, 5.41) is 12.2. The molecule has 0 amide bonds. The average molecular weight is 1660 g/mol. The van der Waals surface area contributed by atoms with E-state index in [9.17, 15) is 16.4 Å². The molecule has 3 heteroatoms. The summed E-state index contributed by atoms with van der Waals surface area (Å²) in [6, 6.07) is 95.0. The van der Waals surface area contributed by atoms with E-state index in [1.165, 1.54) is 0 Å². The number of para-hydroxylation sites is 3. The first-order chi connectivity index (χ1) is 74.0. The van der Waals surface area contributed by atoms with Gasteiger partial charge in [-0.2, -0.15) is 0 Å². The second-order valence-electron chi connectivity index (χ2n) is 31.9. The monoisotopic (exact) mass is 1660 g/mol. The Bertz CT molecular complexity index is 10500. The maximum Gasteiger partial charge on any atom is 0.143 e. The van der Waals surface area contributed by atoms with E-state index < -0.39 is 72.5 Å². The summed E-state index contributed by atoms with van der Waals surface area (Å²) >= 11 is 0. The van der Waals surface area contributed by atoms with Gasteiger partial charge < -0.3 is 13.3 Å². The third-order valence-corrected chi connectivity index (χ3v) is 24.9. The van der Waals surface area contributed by atoms with E-state index in [1.54, 1.807) is 6.07 Å². The molecule has 3 aromatic heterocycles. The Hall–Kier alpha value is -17.0. The van der Waals surface area contributed by atoms with Crippen LogP contribution in [0.25, 0.3) is 263 Å². The van der Waals surface area contributed by atoms with E-state index in [-0.39, 0.29) is 137 Å². The van der Waals surface area contributed by atoms with Crippen LogP contribution in [0, 0.1) is 0 Å². The van der Waals surface area contributed by atoms with Gasteiger partial charge in [0.15, 0.2) is 0 Å². The first-order valence-corrected chi connectivity index (χ1v) is 42.4. The van der Waals surface area contributed by atoms with Crippen molar-refractivity contribution in [3.8, 4) is 100 Å². The van der Waals surface area contributed by atoms with Gasteiger partial charge in [0, 0.05) is 43.4 Å². The fraction of sp³-hybridized carbons (Fsp3) is 0. The lowest BCUT2D eigenvalue weighted by Gasteiger charge is -2.19. The van der Waals surface area contributed by atoms with Crippen molar-refractivity contribution in [1.29, 1.82) is 0 Å². The standard InChI is InChI=1S/3C42H26O/c1-2-13-30-27(11-1)12-9-20-32(30)41-35-16-5-3-14-33(35)40(34-15-4-6-17-36(34)41)29-25-23-28(24-26-29)31-19-10-22-39-42(31)37-18-7-8-21-38(37)43-39;1-2-13-28(14-3-1)31-20-10-22-37-41-36(21-11-23-38(41)43-42(31)37)40-34-18-8-6-16-32(34)39(33-17-7-9-19-35(33)40)30-25-24-27-12-4-5-15-29(27)26-30;1-2-13-28(14-3-1)30-25-26-37(41-36-22-10-11-24-38(36)43-42(30)41)40-34-20-8-6-18-32(34)39(33-19-7-9-21-35(33)40)31-23-12-16-27-15-4-5-17-29(27)31/h3*1-26H/i3D,4D,5D,6D,14D,15D,16D,17D;6D,7D,8D,9D,16D,17D,18D,19D;6D,7D,8D,9D,18D,19D,20D,21D. The molecule has 0 fully saturated rings. The molecule has 0 saturated carbocycles. The largest absolute Gasteiger partial charge is 0.456 e. The Labute approximate surface area is 777 Å². The summed E-state index contributed by atoms with van der Waals surface area (Å²) in [6.07, 6.45) is 0. The van der Waals surface area contributed by atoms with E-state index in [0.29, 0.717) is 99.9 Å². The van der Waals surface area contributed by atoms with Gasteiger partial charge in [-0.05, 0) is 222 Å². The summed E-state index contributed by atoms with van der Waals surface area (Å²) in [5.74, 6) is 0. The van der Waals surface area contributed by atoms with E-state index in [1.807, 2.05) is 322 Å². The Morgan fingerprint density at radius 1 is 0.147 bits per heavy atom. The van der Waals surface area contributed by atoms with Crippen LogP contribution in [0.1, 0.15) is 32.9 Å². The molecule has 0 unspecified atom stereocenters. The van der Waals surface area contributed by atoms with Crippen LogP contribution in [-0.2, 0) is 0 Å². The number of hydrogen-bond donors (Lipinski definition) is 0. The third kappa shape index (κ3) is 12.4. The van der Waals surface area contributed by atoms with E-state index >= 15 is 0 Å². The first kappa shape index (κ1) is 53.9. The highest BCUT2D eigenvalue weighted by Gasteiger charge is 2.27. The first-order valence-electron chi connectivity index (χ1n) is 54.4. The summed E-state index contributed by atoms with van der Waals surface area (Å²) in [4.78, 5) is 0. The summed E-state index contributed by atoms with van der Waals surface area (Å²) in [6.45, 7) is 0. The van der Waals surface area contributed by atoms with Crippen molar-refractivity contribution in [1.82, 2.24) is 0 Å². The molecule has 24 aromatic carbocycles. The van der Waals surface area contributed by atoms with Crippen molar-refractivity contribution in [2.45, 2.75) is 0 Å². The minimum atomic E-state index is -0.438. The Morgan fingerprint density at radius 3 is 0.953 bits per heavy atom. The predicted molar refractivity (Wildman–Crippen MR) is 548 cm³/mol. The van der Waals surface area contributed by atoms with Crippen LogP contribution in [0.4, 0.5) is 0 Å². The molecule has 0 atom stereocenters. The highest BCUT2D eigenvalue weighted by molar-refractivity contribution is 6.31. The molecular formula is C126H78O3. The normalized spacial score (nSPS) is 14.3. The van der Waals surface area contributed by atoms with Crippen LogP contribution in [0.3, 0.4) is 0 Å². The second kappa shape index (κ2) is 31.1. The zero-order valence-electron chi connectivity index (χ0n) is 92.4. The van der Waals surface area contributed by atoms with Gasteiger partial charge in [-0.15, -0.1) is 0 Å². The molecule has 129 heavy (non-hydrogen) atoms. The van der Waals surface area contributed by atoms with Gasteiger partial charge in [0.2, 0.25) is 0 Å². The van der Waals surface area contributed by atoms with Crippen molar-refractivity contribution >= 4 is 163 Å². The molecule has 0 bridgehead atoms. The lowest BCUT2D eigenvalue weighted by atomic mass is 9.83. The van der Waals surface area contributed by atoms with Gasteiger partial charge in [0.25, 0.3) is 0 Å². The molecule has 0 spiro atoms. The van der Waals surface area contributed by atoms with Gasteiger partial charge in [-0.1, -0.05) is 436 Å². The number of benzene rings is 24. The topological polar surface area (TPSA) is 39.4 Å². The third-order valence-electron chi connectivity index (χ3n) is 24.9. The molecule has 0 aliphatic carbocycles. The fourth-order valence-corrected chi connectivity index (χ4v) is 19.4. The van der Waals surface area contributed by atoms with Gasteiger partial charge in [-0.25, -0.2) is 0 Å². The number of hydrogen-bond acceptors (Lipinski definition) is 3. The molecule has 0 radical (unpaired) electrons. The molecule has 0 aliphatic heterocycles. The van der Waals surface area contributed by atoms with Crippen LogP contribution in [0.2, 0.25) is 0 Å². The molecule has 0 N–H and O–H groups in total. The van der Waals surface area contributed by atoms with Crippen LogP contribution in [0.15, 0.2) is 486 Å². The number of rotatable bonds is 9. The molecule has 0 aliphatic rings. The van der Waals surface area contributed by atoms with Crippen LogP contribution in [0.5, 0.6) is 0 Å². The van der Waals surface area contributed by atoms with E-state index in [4.69, 9.17) is 29.7 Å². The van der Waals surface area contributed by atoms with Gasteiger partial charge in [-0.3, -0.25) is 0 Å². The zero-order chi connectivity index (χ0) is 106. The van der Waals surface area contributed by atoms with Crippen molar-refractivity contribution < 1.29 is 46.1 Å². The maximum absolute atomic E-state index is 9.44. The smallest absolute Gasteiger partial charge is 0.143 e. The molecule has 27 rings (SSSR count). The summed E-state index contributed by atoms with van der Waals surface area (Å²) in [5.41, 5.74) is 14.6. The molecule has 0 saturated heterocycles. The van der Waals surface area contributed by atoms with Crippen LogP contribution >= 0.6 is 0 Å². The molecule has 600 valence electrons. The van der Waals surface area contributed by atoms with Gasteiger partial charge in [0.05, 0.1) is 32.9 Å². The Balaban J connectivity index is 0.000000118. The SMILES string of the molecule is [2H]c1c([2H])c([2H])c2c(-c3ccc(-c4ccccc4)c4oc5ccccc5c34)c3c([2H])c([2H])c([2H])c([2H])c3c(-c3cccc4ccccc34)c2c1[2H].[2H]c1c([2H])c([2H])c2c(-c3cccc4ccccc34)c3c([2H])c([2H])c([2H])c([2H])c3c(-c3ccc(-c4cccc5oc6ccccc6c45)cc3)c2c1[2H].[2H]c1c([2H])c([2H])c2c(-c3cccc4oc5c(-c6ccccc6)cccc5c34)c3c([2H])c([2H])c([2H])c([2H])c3c(-c3ccc4ccccc4c3)c2c1[2H]. The van der Waals surface area contributed by atoms with E-state index in [2.05, 4.69) is 0 Å².